The molecule has 0 saturated carbocycles. The second kappa shape index (κ2) is 7.37. The molecule has 0 aromatic carbocycles. The predicted octanol–water partition coefficient (Wildman–Crippen LogP) is 2.15. The van der Waals surface area contributed by atoms with E-state index in [1.807, 2.05) is 18.2 Å². The third-order valence-corrected chi connectivity index (χ3v) is 4.24. The van der Waals surface area contributed by atoms with Crippen LogP contribution in [0, 0.1) is 0 Å². The fraction of sp³-hybridized carbons (Fsp3) is 0.211. The number of morpholine rings is 1. The maximum Gasteiger partial charge on any atom is 0.254 e. The highest BCUT2D eigenvalue weighted by Crippen LogP contribution is 2.24. The van der Waals surface area contributed by atoms with E-state index in [4.69, 9.17) is 4.74 Å². The van der Waals surface area contributed by atoms with Gasteiger partial charge in [0.05, 0.1) is 24.5 Å². The minimum Gasteiger partial charge on any atom is -0.368 e. The smallest absolute Gasteiger partial charge is 0.254 e. The van der Waals surface area contributed by atoms with E-state index in [0.29, 0.717) is 25.3 Å². The highest BCUT2D eigenvalue weighted by Gasteiger charge is 2.27. The van der Waals surface area contributed by atoms with E-state index in [2.05, 4.69) is 19.9 Å². The topological polar surface area (TPSA) is 81.1 Å². The molecular formula is C19H17N5O2. The Bertz CT molecular complexity index is 889. The fourth-order valence-corrected chi connectivity index (χ4v) is 2.91. The number of rotatable bonds is 3. The van der Waals surface area contributed by atoms with Crippen LogP contribution in [-0.2, 0) is 4.74 Å². The van der Waals surface area contributed by atoms with Gasteiger partial charge in [-0.3, -0.25) is 9.78 Å². The molecule has 130 valence electrons. The van der Waals surface area contributed by atoms with Crippen molar-refractivity contribution in [2.45, 2.75) is 6.10 Å². The minimum absolute atomic E-state index is 0.0201. The lowest BCUT2D eigenvalue weighted by atomic mass is 10.1. The van der Waals surface area contributed by atoms with E-state index in [1.54, 1.807) is 41.8 Å². The number of aromatic nitrogens is 4. The van der Waals surface area contributed by atoms with Crippen LogP contribution in [0.1, 0.15) is 22.2 Å². The summed E-state index contributed by atoms with van der Waals surface area (Å²) in [5.41, 5.74) is 3.04. The van der Waals surface area contributed by atoms with Crippen LogP contribution in [0.5, 0.6) is 0 Å². The van der Waals surface area contributed by atoms with E-state index in [0.717, 1.165) is 17.0 Å². The van der Waals surface area contributed by atoms with Gasteiger partial charge < -0.3 is 9.64 Å². The highest BCUT2D eigenvalue weighted by atomic mass is 16.5. The third kappa shape index (κ3) is 3.43. The summed E-state index contributed by atoms with van der Waals surface area (Å²) in [7, 11) is 0. The van der Waals surface area contributed by atoms with Gasteiger partial charge >= 0.3 is 0 Å². The molecule has 26 heavy (non-hydrogen) atoms. The van der Waals surface area contributed by atoms with Crippen molar-refractivity contribution in [3.63, 3.8) is 0 Å². The standard InChI is InChI=1S/C19H17N5O2/c25-19(14-4-6-20-7-5-14)24-8-9-26-18(12-24)17-3-1-2-16(23-17)15-10-21-13-22-11-15/h1-7,10-11,13,18H,8-9,12H2. The number of carbonyl (C=O) groups excluding carboxylic acids is 1. The zero-order chi connectivity index (χ0) is 17.8. The molecule has 3 aromatic heterocycles. The van der Waals surface area contributed by atoms with Crippen molar-refractivity contribution in [2.75, 3.05) is 19.7 Å². The normalized spacial score (nSPS) is 17.1. The van der Waals surface area contributed by atoms with Crippen molar-refractivity contribution in [2.24, 2.45) is 0 Å². The van der Waals surface area contributed by atoms with Gasteiger partial charge in [0, 0.05) is 42.5 Å². The second-order valence-electron chi connectivity index (χ2n) is 5.92. The first-order valence-electron chi connectivity index (χ1n) is 8.34. The molecule has 0 spiro atoms. The SMILES string of the molecule is O=C(c1ccncc1)N1CCOC(c2cccc(-c3cncnc3)n2)C1. The molecule has 1 amide bonds. The number of carbonyl (C=O) groups is 1. The van der Waals surface area contributed by atoms with Crippen LogP contribution < -0.4 is 0 Å². The summed E-state index contributed by atoms with van der Waals surface area (Å²) >= 11 is 0. The van der Waals surface area contributed by atoms with Crippen molar-refractivity contribution in [3.05, 3.63) is 72.7 Å². The van der Waals surface area contributed by atoms with E-state index >= 15 is 0 Å². The number of nitrogens with zero attached hydrogens (tertiary/aromatic N) is 5. The van der Waals surface area contributed by atoms with Gasteiger partial charge in [0.15, 0.2) is 0 Å². The summed E-state index contributed by atoms with van der Waals surface area (Å²) in [6, 6.07) is 9.20. The summed E-state index contributed by atoms with van der Waals surface area (Å²) in [4.78, 5) is 31.2. The molecule has 1 atom stereocenters. The van der Waals surface area contributed by atoms with Gasteiger partial charge in [-0.2, -0.15) is 0 Å². The molecule has 7 nitrogen and oxygen atoms in total. The molecule has 1 aliphatic rings. The Balaban J connectivity index is 1.54. The number of amides is 1. The lowest BCUT2D eigenvalue weighted by Gasteiger charge is -2.32. The summed E-state index contributed by atoms with van der Waals surface area (Å²) in [6.07, 6.45) is 7.91. The van der Waals surface area contributed by atoms with E-state index in [9.17, 15) is 4.79 Å². The Hall–Kier alpha value is -3.19. The zero-order valence-corrected chi connectivity index (χ0v) is 14.0. The fourth-order valence-electron chi connectivity index (χ4n) is 2.91. The summed E-state index contributed by atoms with van der Waals surface area (Å²) in [5, 5.41) is 0. The second-order valence-corrected chi connectivity index (χ2v) is 5.92. The Morgan fingerprint density at radius 2 is 1.88 bits per heavy atom. The Labute approximate surface area is 150 Å². The summed E-state index contributed by atoms with van der Waals surface area (Å²) in [5.74, 6) is -0.0201. The van der Waals surface area contributed by atoms with Crippen LogP contribution in [0.3, 0.4) is 0 Å². The number of hydrogen-bond acceptors (Lipinski definition) is 6. The van der Waals surface area contributed by atoms with Gasteiger partial charge in [-0.15, -0.1) is 0 Å². The summed E-state index contributed by atoms with van der Waals surface area (Å²) in [6.45, 7) is 1.49. The van der Waals surface area contributed by atoms with E-state index in [1.165, 1.54) is 6.33 Å². The van der Waals surface area contributed by atoms with Gasteiger partial charge in [0.1, 0.15) is 12.4 Å². The molecule has 0 N–H and O–H groups in total. The molecule has 4 heterocycles. The van der Waals surface area contributed by atoms with Gasteiger partial charge in [0.25, 0.3) is 5.91 Å². The van der Waals surface area contributed by atoms with Crippen LogP contribution in [0.25, 0.3) is 11.3 Å². The molecule has 7 heteroatoms. The first-order chi connectivity index (χ1) is 12.8. The lowest BCUT2D eigenvalue weighted by molar-refractivity contribution is -0.0246. The van der Waals surface area contributed by atoms with Crippen molar-refractivity contribution in [1.82, 2.24) is 24.8 Å². The van der Waals surface area contributed by atoms with Crippen LogP contribution >= 0.6 is 0 Å². The van der Waals surface area contributed by atoms with Crippen molar-refractivity contribution in [1.29, 1.82) is 0 Å². The Morgan fingerprint density at radius 3 is 2.69 bits per heavy atom. The first-order valence-corrected chi connectivity index (χ1v) is 8.34. The van der Waals surface area contributed by atoms with Crippen molar-refractivity contribution >= 4 is 5.91 Å². The third-order valence-electron chi connectivity index (χ3n) is 4.24. The quantitative estimate of drug-likeness (QED) is 0.722. The molecule has 1 saturated heterocycles. The molecule has 0 aliphatic carbocycles. The average Bonchev–Trinajstić information content (AvgIpc) is 2.75. The lowest BCUT2D eigenvalue weighted by Crippen LogP contribution is -2.42. The molecule has 4 rings (SSSR count). The molecular weight excluding hydrogens is 330 g/mol. The summed E-state index contributed by atoms with van der Waals surface area (Å²) < 4.78 is 5.87. The monoisotopic (exact) mass is 347 g/mol. The van der Waals surface area contributed by atoms with Crippen molar-refractivity contribution < 1.29 is 9.53 Å². The molecule has 0 bridgehead atoms. The molecule has 0 radical (unpaired) electrons. The molecule has 1 unspecified atom stereocenters. The van der Waals surface area contributed by atoms with Gasteiger partial charge in [-0.25, -0.2) is 15.0 Å². The number of pyridine rings is 2. The maximum atomic E-state index is 12.7. The number of ether oxygens (including phenoxy) is 1. The minimum atomic E-state index is -0.265. The zero-order valence-electron chi connectivity index (χ0n) is 14.0. The van der Waals surface area contributed by atoms with Gasteiger partial charge in [-0.1, -0.05) is 6.07 Å². The van der Waals surface area contributed by atoms with Gasteiger partial charge in [0.2, 0.25) is 0 Å². The highest BCUT2D eigenvalue weighted by molar-refractivity contribution is 5.94. The molecule has 3 aromatic rings. The largest absolute Gasteiger partial charge is 0.368 e. The van der Waals surface area contributed by atoms with Crippen LogP contribution in [-0.4, -0.2) is 50.4 Å². The molecule has 1 aliphatic heterocycles. The number of hydrogen-bond donors (Lipinski definition) is 0. The molecule has 1 fully saturated rings. The van der Waals surface area contributed by atoms with Crippen molar-refractivity contribution in [3.8, 4) is 11.3 Å². The Kier molecular flexibility index (Phi) is 4.61. The predicted molar refractivity (Wildman–Crippen MR) is 94.1 cm³/mol. The van der Waals surface area contributed by atoms with E-state index in [-0.39, 0.29) is 12.0 Å². The van der Waals surface area contributed by atoms with Crippen LogP contribution in [0.2, 0.25) is 0 Å². The van der Waals surface area contributed by atoms with E-state index < -0.39 is 0 Å². The van der Waals surface area contributed by atoms with Crippen LogP contribution in [0.4, 0.5) is 0 Å². The maximum absolute atomic E-state index is 12.7. The average molecular weight is 347 g/mol. The van der Waals surface area contributed by atoms with Crippen LogP contribution in [0.15, 0.2) is 61.4 Å². The first kappa shape index (κ1) is 16.3. The Morgan fingerprint density at radius 1 is 1.08 bits per heavy atom. The van der Waals surface area contributed by atoms with Gasteiger partial charge in [-0.05, 0) is 24.3 Å².